The van der Waals surface area contributed by atoms with Gasteiger partial charge >= 0.3 is 11.9 Å². The third-order valence-electron chi connectivity index (χ3n) is 7.58. The largest absolute Gasteiger partial charge is 0.872 e. The Labute approximate surface area is 217 Å². The number of carboxylic acids is 1. The van der Waals surface area contributed by atoms with Gasteiger partial charge in [0.15, 0.2) is 11.7 Å². The molecule has 196 valence electrons. The van der Waals surface area contributed by atoms with E-state index in [1.54, 1.807) is 18.2 Å². The molecule has 2 aliphatic rings. The molecule has 2 fully saturated rings. The second kappa shape index (κ2) is 10.9. The fourth-order valence-corrected chi connectivity index (χ4v) is 5.51. The molecule has 1 saturated heterocycles. The number of ether oxygens (including phenoxy) is 1. The Balaban J connectivity index is 0.000000195. The third-order valence-corrected chi connectivity index (χ3v) is 7.58. The average molecular weight is 506 g/mol. The van der Waals surface area contributed by atoms with Crippen molar-refractivity contribution in [2.75, 3.05) is 27.2 Å². The first-order chi connectivity index (χ1) is 17.6. The molecular formula is C30H35NO6. The van der Waals surface area contributed by atoms with E-state index in [0.717, 1.165) is 60.4 Å². The van der Waals surface area contributed by atoms with Crippen LogP contribution >= 0.6 is 0 Å². The number of likely N-dealkylation sites (N-methyl/N-ethyl adjacent to an activating group) is 1. The number of carbonyl (C=O) groups is 2. The van der Waals surface area contributed by atoms with E-state index in [2.05, 4.69) is 14.1 Å². The molecule has 2 N–H and O–H groups in total. The van der Waals surface area contributed by atoms with E-state index < -0.39 is 23.3 Å². The Morgan fingerprint density at radius 1 is 0.946 bits per heavy atom. The summed E-state index contributed by atoms with van der Waals surface area (Å²) in [5, 5.41) is 32.9. The Morgan fingerprint density at radius 2 is 1.54 bits per heavy atom. The summed E-state index contributed by atoms with van der Waals surface area (Å²) in [6.07, 6.45) is 4.68. The Kier molecular flexibility index (Phi) is 7.85. The van der Waals surface area contributed by atoms with Gasteiger partial charge in [-0.3, -0.25) is 0 Å². The van der Waals surface area contributed by atoms with E-state index in [-0.39, 0.29) is 17.6 Å². The number of hydrogen-bond donors (Lipinski definition) is 2. The third kappa shape index (κ3) is 5.95. The summed E-state index contributed by atoms with van der Waals surface area (Å²) in [4.78, 5) is 23.6. The van der Waals surface area contributed by atoms with E-state index in [1.165, 1.54) is 12.1 Å². The number of rotatable bonds is 5. The molecule has 1 saturated carbocycles. The van der Waals surface area contributed by atoms with Crippen LogP contribution < -0.4 is 5.11 Å². The number of benzene rings is 3. The van der Waals surface area contributed by atoms with E-state index in [0.29, 0.717) is 5.56 Å². The molecule has 0 bridgehead atoms. The predicted octanol–water partition coefficient (Wildman–Crippen LogP) is 4.07. The highest BCUT2D eigenvalue weighted by Crippen LogP contribution is 2.42. The molecule has 2 unspecified atom stereocenters. The molecule has 3 aromatic rings. The van der Waals surface area contributed by atoms with Crippen LogP contribution in [-0.4, -0.2) is 59.9 Å². The van der Waals surface area contributed by atoms with Gasteiger partial charge in [-0.05, 0) is 35.2 Å². The van der Waals surface area contributed by atoms with Crippen molar-refractivity contribution in [3.05, 3.63) is 77.9 Å². The predicted molar refractivity (Wildman–Crippen MR) is 139 cm³/mol. The molecule has 1 heterocycles. The highest BCUT2D eigenvalue weighted by molar-refractivity contribution is 5.97. The van der Waals surface area contributed by atoms with Gasteiger partial charge in [0.25, 0.3) is 0 Å². The summed E-state index contributed by atoms with van der Waals surface area (Å²) >= 11 is 0. The number of nitrogens with zero attached hydrogens (tertiary/aromatic N) is 1. The van der Waals surface area contributed by atoms with Crippen molar-refractivity contribution in [1.29, 1.82) is 0 Å². The lowest BCUT2D eigenvalue weighted by atomic mass is 9.80. The number of hydrogen-bond acceptors (Lipinski definition) is 5. The minimum absolute atomic E-state index is 0.0405. The van der Waals surface area contributed by atoms with Gasteiger partial charge in [-0.15, -0.1) is 0 Å². The number of carbonyl (C=O) groups excluding carboxylic acids is 1. The number of esters is 1. The zero-order valence-electron chi connectivity index (χ0n) is 21.4. The van der Waals surface area contributed by atoms with Crippen LogP contribution in [0.2, 0.25) is 0 Å². The Hall–Kier alpha value is -3.42. The highest BCUT2D eigenvalue weighted by Gasteiger charge is 2.49. The van der Waals surface area contributed by atoms with Gasteiger partial charge in [-0.2, -0.15) is 0 Å². The summed E-state index contributed by atoms with van der Waals surface area (Å²) in [6, 6.07) is 19.3. The molecule has 7 nitrogen and oxygen atoms in total. The minimum atomic E-state index is -1.50. The highest BCUT2D eigenvalue weighted by atomic mass is 16.6. The maximum Gasteiger partial charge on any atom is 0.343 e. The first-order valence-electron chi connectivity index (χ1n) is 12.8. The standard InChI is InChI=1S/C19H28NO3.C11H8O3/c1-20(2)13-12-17(14-20)23-18(21)19(22,16-10-6-7-11-16)15-8-4-3-5-9-15;12-10-6-8-4-2-1-3-7(8)5-9(10)11(13)14/h3-5,8-9,16-17,22H,6-7,10-14H2,1-2H3;1-6,12H,(H,13,14)/q+1;/p-1. The molecule has 37 heavy (non-hydrogen) atoms. The molecule has 0 amide bonds. The molecule has 1 aliphatic heterocycles. The van der Waals surface area contributed by atoms with Crippen molar-refractivity contribution in [3.63, 3.8) is 0 Å². The van der Waals surface area contributed by atoms with Crippen molar-refractivity contribution in [2.45, 2.75) is 43.8 Å². The lowest BCUT2D eigenvalue weighted by Gasteiger charge is -2.33. The zero-order valence-corrected chi connectivity index (χ0v) is 21.4. The number of aliphatic hydroxyl groups is 1. The lowest BCUT2D eigenvalue weighted by molar-refractivity contribution is -0.879. The van der Waals surface area contributed by atoms with E-state index in [1.807, 2.05) is 36.4 Å². The SMILES string of the molecule is C[N+]1(C)CCC(OC(=O)C(O)(c2ccccc2)C2CCCC2)C1.O=C(O)c1cc2ccccc2cc1[O-]. The maximum absolute atomic E-state index is 12.9. The van der Waals surface area contributed by atoms with Gasteiger partial charge in [0.2, 0.25) is 0 Å². The molecule has 7 heteroatoms. The number of carboxylic acid groups (broad SMARTS) is 1. The number of fused-ring (bicyclic) bond motifs is 1. The molecule has 3 aromatic carbocycles. The fraction of sp³-hybridized carbons (Fsp3) is 0.400. The Morgan fingerprint density at radius 3 is 2.11 bits per heavy atom. The van der Waals surface area contributed by atoms with Crippen LogP contribution in [0.3, 0.4) is 0 Å². The van der Waals surface area contributed by atoms with E-state index >= 15 is 0 Å². The lowest BCUT2D eigenvalue weighted by Crippen LogP contribution is -2.46. The van der Waals surface area contributed by atoms with Crippen LogP contribution in [0.15, 0.2) is 66.7 Å². The van der Waals surface area contributed by atoms with Gasteiger partial charge < -0.3 is 24.5 Å². The minimum Gasteiger partial charge on any atom is -0.872 e. The van der Waals surface area contributed by atoms with Gasteiger partial charge in [-0.1, -0.05) is 79.3 Å². The Bertz CT molecular complexity index is 1250. The topological polar surface area (TPSA) is 107 Å². The monoisotopic (exact) mass is 505 g/mol. The number of quaternary nitrogens is 1. The average Bonchev–Trinajstić information content (AvgIpc) is 3.54. The molecule has 0 aromatic heterocycles. The molecule has 0 radical (unpaired) electrons. The molecule has 0 spiro atoms. The fourth-order valence-electron chi connectivity index (χ4n) is 5.51. The molecule has 5 rings (SSSR count). The molecule has 2 atom stereocenters. The second-order valence-electron chi connectivity index (χ2n) is 10.8. The van der Waals surface area contributed by atoms with E-state index in [4.69, 9.17) is 9.84 Å². The van der Waals surface area contributed by atoms with E-state index in [9.17, 15) is 19.8 Å². The number of likely N-dealkylation sites (tertiary alicyclic amines) is 1. The summed E-state index contributed by atoms with van der Waals surface area (Å²) in [5.74, 6) is -2.12. The van der Waals surface area contributed by atoms with Crippen LogP contribution in [0.5, 0.6) is 5.75 Å². The first-order valence-corrected chi connectivity index (χ1v) is 12.8. The summed E-state index contributed by atoms with van der Waals surface area (Å²) < 4.78 is 6.64. The van der Waals surface area contributed by atoms with Gasteiger partial charge in [0.05, 0.1) is 26.2 Å². The summed E-state index contributed by atoms with van der Waals surface area (Å²) in [6.45, 7) is 1.83. The number of aromatic carboxylic acids is 1. The van der Waals surface area contributed by atoms with Crippen LogP contribution in [0.1, 0.15) is 48.0 Å². The second-order valence-corrected chi connectivity index (χ2v) is 10.8. The van der Waals surface area contributed by atoms with Crippen molar-refractivity contribution in [2.24, 2.45) is 5.92 Å². The summed E-state index contributed by atoms with van der Waals surface area (Å²) in [5.41, 5.74) is -1.01. The summed E-state index contributed by atoms with van der Waals surface area (Å²) in [7, 11) is 4.29. The quantitative estimate of drug-likeness (QED) is 0.400. The van der Waals surface area contributed by atoms with Crippen molar-refractivity contribution in [1.82, 2.24) is 0 Å². The van der Waals surface area contributed by atoms with Gasteiger partial charge in [0.1, 0.15) is 6.54 Å². The molecule has 1 aliphatic carbocycles. The molecular weight excluding hydrogens is 470 g/mol. The van der Waals surface area contributed by atoms with Crippen LogP contribution in [0.4, 0.5) is 0 Å². The normalized spacial score (nSPS) is 20.6. The smallest absolute Gasteiger partial charge is 0.343 e. The zero-order chi connectivity index (χ0) is 26.6. The van der Waals surface area contributed by atoms with Crippen LogP contribution in [-0.2, 0) is 15.1 Å². The van der Waals surface area contributed by atoms with Gasteiger partial charge in [0, 0.05) is 12.3 Å². The van der Waals surface area contributed by atoms with Crippen LogP contribution in [0.25, 0.3) is 10.8 Å². The van der Waals surface area contributed by atoms with Gasteiger partial charge in [-0.25, -0.2) is 9.59 Å². The first kappa shape index (κ1) is 26.6. The van der Waals surface area contributed by atoms with Crippen molar-refractivity contribution >= 4 is 22.7 Å². The maximum atomic E-state index is 12.9. The van der Waals surface area contributed by atoms with Crippen LogP contribution in [0, 0.1) is 5.92 Å². The van der Waals surface area contributed by atoms with Crippen molar-refractivity contribution in [3.8, 4) is 5.75 Å². The van der Waals surface area contributed by atoms with Crippen molar-refractivity contribution < 1.29 is 34.1 Å².